The van der Waals surface area contributed by atoms with E-state index in [1.165, 1.54) is 12.3 Å². The van der Waals surface area contributed by atoms with Crippen molar-refractivity contribution in [2.75, 3.05) is 19.0 Å². The molecule has 38 heavy (non-hydrogen) atoms. The average Bonchev–Trinajstić information content (AvgIpc) is 3.61. The van der Waals surface area contributed by atoms with E-state index in [-0.39, 0.29) is 18.0 Å². The average molecular weight is 518 g/mol. The van der Waals surface area contributed by atoms with Gasteiger partial charge in [-0.05, 0) is 61.9 Å². The number of ether oxygens (including phenoxy) is 1. The number of urea groups is 1. The number of benzene rings is 1. The summed E-state index contributed by atoms with van der Waals surface area (Å²) in [6.07, 6.45) is 7.63. The lowest BCUT2D eigenvalue weighted by Gasteiger charge is -2.22. The zero-order valence-electron chi connectivity index (χ0n) is 21.8. The smallest absolute Gasteiger partial charge is 0.320 e. The number of nitrogens with zero attached hydrogens (tertiary/aromatic N) is 5. The first kappa shape index (κ1) is 25.6. The van der Waals surface area contributed by atoms with Crippen LogP contribution in [0.15, 0.2) is 61.1 Å². The third kappa shape index (κ3) is 5.45. The van der Waals surface area contributed by atoms with Crippen molar-refractivity contribution >= 4 is 11.8 Å². The molecular formula is C28H32FN7O2. The first-order valence-corrected chi connectivity index (χ1v) is 12.7. The highest BCUT2D eigenvalue weighted by Gasteiger charge is 2.36. The highest BCUT2D eigenvalue weighted by molar-refractivity contribution is 5.91. The molecular weight excluding hydrogens is 485 g/mol. The molecule has 1 aliphatic carbocycles. The van der Waals surface area contributed by atoms with Gasteiger partial charge in [0.2, 0.25) is 5.95 Å². The molecule has 5 rings (SSSR count). The monoisotopic (exact) mass is 517 g/mol. The Morgan fingerprint density at radius 2 is 2.03 bits per heavy atom. The Labute approximate surface area is 221 Å². The molecule has 2 amide bonds. The lowest BCUT2D eigenvalue weighted by atomic mass is 9.94. The van der Waals surface area contributed by atoms with Gasteiger partial charge in [0.25, 0.3) is 0 Å². The molecule has 0 bridgehead atoms. The van der Waals surface area contributed by atoms with Gasteiger partial charge < -0.3 is 10.1 Å². The molecule has 10 heteroatoms. The Hall–Kier alpha value is -4.05. The van der Waals surface area contributed by atoms with Gasteiger partial charge in [-0.2, -0.15) is 14.6 Å². The van der Waals surface area contributed by atoms with Crippen molar-refractivity contribution in [1.29, 1.82) is 0 Å². The molecule has 0 saturated heterocycles. The summed E-state index contributed by atoms with van der Waals surface area (Å²) in [5.74, 6) is 0.394. The second-order valence-electron chi connectivity index (χ2n) is 9.81. The number of halogens is 1. The third-order valence-electron chi connectivity index (χ3n) is 7.22. The van der Waals surface area contributed by atoms with E-state index in [2.05, 4.69) is 20.7 Å². The number of hydrogen-bond acceptors (Lipinski definition) is 5. The van der Waals surface area contributed by atoms with Gasteiger partial charge in [0, 0.05) is 56.2 Å². The maximum atomic E-state index is 13.9. The van der Waals surface area contributed by atoms with Crippen LogP contribution in [0.1, 0.15) is 36.3 Å². The van der Waals surface area contributed by atoms with Gasteiger partial charge in [-0.3, -0.25) is 10.00 Å². The normalized spacial score (nSPS) is 19.0. The minimum Gasteiger partial charge on any atom is -0.385 e. The first-order valence-electron chi connectivity index (χ1n) is 12.7. The second kappa shape index (κ2) is 11.1. The lowest BCUT2D eigenvalue weighted by Crippen LogP contribution is -2.40. The number of pyridine rings is 1. The van der Waals surface area contributed by atoms with Gasteiger partial charge in [0.1, 0.15) is 11.5 Å². The summed E-state index contributed by atoms with van der Waals surface area (Å²) in [4.78, 5) is 17.1. The Morgan fingerprint density at radius 1 is 1.21 bits per heavy atom. The summed E-state index contributed by atoms with van der Waals surface area (Å²) in [5, 5.41) is 15.3. The van der Waals surface area contributed by atoms with Crippen molar-refractivity contribution in [2.24, 2.45) is 13.0 Å². The van der Waals surface area contributed by atoms with Crippen LogP contribution < -0.4 is 10.6 Å². The van der Waals surface area contributed by atoms with Crippen LogP contribution in [0.5, 0.6) is 0 Å². The molecule has 1 fully saturated rings. The van der Waals surface area contributed by atoms with Gasteiger partial charge in [-0.1, -0.05) is 18.2 Å². The fourth-order valence-corrected chi connectivity index (χ4v) is 5.37. The summed E-state index contributed by atoms with van der Waals surface area (Å²) in [5.41, 5.74) is 4.09. The maximum absolute atomic E-state index is 13.9. The van der Waals surface area contributed by atoms with Gasteiger partial charge in [0.15, 0.2) is 0 Å². The molecule has 0 unspecified atom stereocenters. The van der Waals surface area contributed by atoms with Crippen LogP contribution >= 0.6 is 0 Å². The summed E-state index contributed by atoms with van der Waals surface area (Å²) >= 11 is 0. The summed E-state index contributed by atoms with van der Waals surface area (Å²) in [6.45, 7) is 2.58. The van der Waals surface area contributed by atoms with Crippen molar-refractivity contribution in [1.82, 2.24) is 29.9 Å². The van der Waals surface area contributed by atoms with Crippen LogP contribution in [-0.4, -0.2) is 50.3 Å². The molecule has 1 saturated carbocycles. The number of amides is 2. The highest BCUT2D eigenvalue weighted by Crippen LogP contribution is 2.40. The van der Waals surface area contributed by atoms with E-state index in [0.717, 1.165) is 47.3 Å². The maximum Gasteiger partial charge on any atom is 0.320 e. The molecule has 3 atom stereocenters. The fraction of sp³-hybridized carbons (Fsp3) is 0.357. The standard InChI is InChI=1S/C28H32FN7O2/c1-18-26(21-16-31-35(2)17-21)34-36(22-7-5-4-6-8-22)27(18)33-28(37)32-24-14-19(10-12-38-3)13-23(24)20-9-11-30-25(29)15-20/h4-9,11,15-17,19,23-24H,10,12-14H2,1-3H3,(H2,32,33,37)/t19-,23-,24+/m0/s1. The Bertz CT molecular complexity index is 1400. The molecule has 3 heterocycles. The number of hydrogen-bond donors (Lipinski definition) is 2. The number of aromatic nitrogens is 5. The fourth-order valence-electron chi connectivity index (χ4n) is 5.37. The Kier molecular flexibility index (Phi) is 7.50. The number of para-hydroxylation sites is 1. The first-order chi connectivity index (χ1) is 18.4. The molecule has 0 spiro atoms. The lowest BCUT2D eigenvalue weighted by molar-refractivity contribution is 0.177. The zero-order chi connectivity index (χ0) is 26.6. The van der Waals surface area contributed by atoms with E-state index in [1.807, 2.05) is 56.6 Å². The number of carbonyl (C=O) groups excluding carboxylic acids is 1. The predicted molar refractivity (Wildman–Crippen MR) is 143 cm³/mol. The molecule has 1 aliphatic rings. The number of rotatable bonds is 8. The van der Waals surface area contributed by atoms with Gasteiger partial charge >= 0.3 is 6.03 Å². The number of nitrogens with one attached hydrogen (secondary N) is 2. The van der Waals surface area contributed by atoms with Gasteiger partial charge in [0.05, 0.1) is 11.9 Å². The van der Waals surface area contributed by atoms with Crippen LogP contribution in [0.2, 0.25) is 0 Å². The number of anilines is 1. The van der Waals surface area contributed by atoms with Crippen LogP contribution in [-0.2, 0) is 11.8 Å². The van der Waals surface area contributed by atoms with Crippen LogP contribution in [0.4, 0.5) is 15.0 Å². The molecule has 0 aliphatic heterocycles. The number of carbonyl (C=O) groups is 1. The zero-order valence-corrected chi connectivity index (χ0v) is 21.8. The largest absolute Gasteiger partial charge is 0.385 e. The van der Waals surface area contributed by atoms with Crippen molar-refractivity contribution < 1.29 is 13.9 Å². The van der Waals surface area contributed by atoms with Crippen molar-refractivity contribution in [3.8, 4) is 16.9 Å². The van der Waals surface area contributed by atoms with E-state index in [4.69, 9.17) is 9.84 Å². The molecule has 3 aromatic heterocycles. The van der Waals surface area contributed by atoms with Crippen molar-refractivity contribution in [3.63, 3.8) is 0 Å². The van der Waals surface area contributed by atoms with Crippen LogP contribution in [0.25, 0.3) is 16.9 Å². The molecule has 1 aromatic carbocycles. The Morgan fingerprint density at radius 3 is 2.74 bits per heavy atom. The van der Waals surface area contributed by atoms with Gasteiger partial charge in [-0.25, -0.2) is 14.5 Å². The minimum absolute atomic E-state index is 0.0220. The minimum atomic E-state index is -0.517. The SMILES string of the molecule is COCC[C@@H]1C[C@@H](NC(=O)Nc2c(C)c(-c3cnn(C)c3)nn2-c2ccccc2)[C@H](c2ccnc(F)c2)C1. The molecule has 198 valence electrons. The van der Waals surface area contributed by atoms with E-state index < -0.39 is 5.95 Å². The van der Waals surface area contributed by atoms with Crippen LogP contribution in [0, 0.1) is 18.8 Å². The summed E-state index contributed by atoms with van der Waals surface area (Å²) in [6, 6.07) is 12.5. The number of methoxy groups -OCH3 is 1. The Balaban J connectivity index is 1.41. The van der Waals surface area contributed by atoms with E-state index in [9.17, 15) is 9.18 Å². The summed E-state index contributed by atoms with van der Waals surface area (Å²) in [7, 11) is 3.54. The highest BCUT2D eigenvalue weighted by atomic mass is 19.1. The van der Waals surface area contributed by atoms with E-state index in [1.54, 1.807) is 22.7 Å². The molecule has 0 radical (unpaired) electrons. The van der Waals surface area contributed by atoms with E-state index >= 15 is 0 Å². The van der Waals surface area contributed by atoms with Gasteiger partial charge in [-0.15, -0.1) is 0 Å². The molecule has 4 aromatic rings. The number of aryl methyl sites for hydroxylation is 1. The van der Waals surface area contributed by atoms with Crippen LogP contribution in [0.3, 0.4) is 0 Å². The molecule has 9 nitrogen and oxygen atoms in total. The van der Waals surface area contributed by atoms with Crippen molar-refractivity contribution in [3.05, 3.63) is 78.1 Å². The second-order valence-corrected chi connectivity index (χ2v) is 9.81. The predicted octanol–water partition coefficient (Wildman–Crippen LogP) is 4.84. The molecule has 2 N–H and O–H groups in total. The van der Waals surface area contributed by atoms with Crippen molar-refractivity contribution in [2.45, 2.75) is 38.1 Å². The van der Waals surface area contributed by atoms with E-state index in [0.29, 0.717) is 18.3 Å². The topological polar surface area (TPSA) is 98.9 Å². The third-order valence-corrected chi connectivity index (χ3v) is 7.22. The quantitative estimate of drug-likeness (QED) is 0.326. The summed E-state index contributed by atoms with van der Waals surface area (Å²) < 4.78 is 22.7.